The summed E-state index contributed by atoms with van der Waals surface area (Å²) >= 11 is 9.23. The first-order valence-corrected chi connectivity index (χ1v) is 25.4. The Kier molecular flexibility index (Phi) is 53.2. The number of nitrogens with two attached hydrogens (primary N) is 1. The number of thiol groups is 1. The van der Waals surface area contributed by atoms with Crippen molar-refractivity contribution in [1.82, 2.24) is 66.0 Å². The van der Waals surface area contributed by atoms with Crippen LogP contribution in [0.3, 0.4) is 0 Å². The van der Waals surface area contributed by atoms with E-state index in [2.05, 4.69) is 89.2 Å². The van der Waals surface area contributed by atoms with Crippen LogP contribution in [-0.4, -0.2) is 118 Å². The van der Waals surface area contributed by atoms with Crippen molar-refractivity contribution in [3.05, 3.63) is 146 Å². The summed E-state index contributed by atoms with van der Waals surface area (Å²) < 4.78 is 67.6. The number of hydrogen-bond acceptors (Lipinski definition) is 27. The zero-order valence-corrected chi connectivity index (χ0v) is 49.1. The largest absolute Gasteiger partial charge is 1.00 e. The number of aromatic nitrogens is 12. The van der Waals surface area contributed by atoms with Crippen molar-refractivity contribution in [2.45, 2.75) is 50.1 Å². The molecule has 0 saturated heterocycles. The first-order chi connectivity index (χ1) is 30.6. The van der Waals surface area contributed by atoms with Gasteiger partial charge in [0.2, 0.25) is 19.1 Å². The summed E-state index contributed by atoms with van der Waals surface area (Å²) in [6.07, 6.45) is 28.4. The number of carbonyl (C=O) groups excluding carboxylic acids is 2. The molecule has 35 heteroatoms. The molecule has 0 aliphatic carbocycles. The monoisotopic (exact) mass is 1150 g/mol. The molecule has 0 bridgehead atoms. The maximum absolute atomic E-state index is 10.5. The van der Waals surface area contributed by atoms with E-state index in [4.69, 9.17) is 20.9 Å². The van der Waals surface area contributed by atoms with E-state index in [-0.39, 0.29) is 133 Å². The van der Waals surface area contributed by atoms with Gasteiger partial charge in [-0.05, 0) is 6.92 Å². The molecule has 0 fully saturated rings. The number of nitrogens with zero attached hydrogens (tertiary/aromatic N) is 12. The van der Waals surface area contributed by atoms with Crippen molar-refractivity contribution in [1.29, 1.82) is 0 Å². The number of sulfonamides is 1. The van der Waals surface area contributed by atoms with Gasteiger partial charge < -0.3 is 39.6 Å². The Morgan fingerprint density at radius 2 is 0.971 bits per heavy atom. The second-order valence-corrected chi connectivity index (χ2v) is 19.3. The molecule has 0 unspecified atom stereocenters. The van der Waals surface area contributed by atoms with E-state index in [9.17, 15) is 34.8 Å². The van der Waals surface area contributed by atoms with E-state index in [0.29, 0.717) is 34.3 Å². The average molecular weight is 1150 g/mol. The molecule has 9 N–H and O–H groups in total. The van der Waals surface area contributed by atoms with Crippen LogP contribution in [0, 0.1) is 0 Å². The summed E-state index contributed by atoms with van der Waals surface area (Å²) in [7, 11) is -5.41. The minimum atomic E-state index is -3.51. The summed E-state index contributed by atoms with van der Waals surface area (Å²) in [4.78, 5) is 65.4. The Morgan fingerprint density at radius 3 is 1.21 bits per heavy atom. The molecule has 376 valence electrons. The third-order valence-corrected chi connectivity index (χ3v) is 8.92. The number of hydrogen-bond donors (Lipinski definition) is 4. The maximum Gasteiger partial charge on any atom is 1.00 e. The van der Waals surface area contributed by atoms with Crippen molar-refractivity contribution in [3.8, 4) is 0 Å². The minimum absolute atomic E-state index is 0. The number of halogens is 1. The third kappa shape index (κ3) is 54.6. The summed E-state index contributed by atoms with van der Waals surface area (Å²) in [5, 5.41) is 13.1. The Morgan fingerprint density at radius 1 is 0.657 bits per heavy atom. The summed E-state index contributed by atoms with van der Waals surface area (Å²) in [5.41, 5.74) is 3.55. The van der Waals surface area contributed by atoms with Gasteiger partial charge in [0.25, 0.3) is 10.1 Å². The van der Waals surface area contributed by atoms with Crippen molar-refractivity contribution >= 4 is 87.1 Å². The van der Waals surface area contributed by atoms with E-state index >= 15 is 0 Å². The number of rotatable bonds is 11. The van der Waals surface area contributed by atoms with Gasteiger partial charge in [0.15, 0.2) is 5.12 Å². The number of carbonyl (C=O) groups is 2. The Hall–Kier alpha value is -2.72. The quantitative estimate of drug-likeness (QED) is 0.0311. The number of primary sulfonamides is 1. The van der Waals surface area contributed by atoms with Gasteiger partial charge in [0.05, 0.1) is 59.4 Å². The van der Waals surface area contributed by atoms with Crippen LogP contribution in [0.2, 0.25) is 0 Å². The fourth-order valence-electron chi connectivity index (χ4n) is 3.17. The molecular formula is C35H49ClKN14NaO12S6. The fraction of sp³-hybridized carbons (Fsp3) is 0.257. The van der Waals surface area contributed by atoms with Gasteiger partial charge in [-0.15, -0.1) is 0 Å². The van der Waals surface area contributed by atoms with Crippen LogP contribution in [-0.2, 0) is 91.8 Å². The molecule has 0 aromatic carbocycles. The molecule has 6 aromatic heterocycles. The topological polar surface area (TPSA) is 443 Å². The van der Waals surface area contributed by atoms with E-state index in [1.54, 1.807) is 56.5 Å². The molecule has 0 atom stereocenters. The molecule has 70 heavy (non-hydrogen) atoms. The number of aliphatic hydroxyl groups excluding tert-OH is 1. The SMILES string of the molecule is CC(=O)SCc1cnccn1.CC(=O)[S-].CS(=O)(=O)OCc1cnccn1.N.NS(=O)(=O)Cc1cnccn1.O.O=S(=O)(Cl)Cc1cnccn1.OCc1cnccn1.SCc1cnccn1.[K+].[Na+].[OH-]. The van der Waals surface area contributed by atoms with Crippen LogP contribution in [0.1, 0.15) is 48.0 Å². The van der Waals surface area contributed by atoms with Gasteiger partial charge in [-0.1, -0.05) is 11.8 Å². The summed E-state index contributed by atoms with van der Waals surface area (Å²) in [6, 6.07) is 0. The average Bonchev–Trinajstić information content (AvgIpc) is 3.26. The van der Waals surface area contributed by atoms with Crippen molar-refractivity contribution < 1.29 is 136 Å². The molecule has 6 heterocycles. The first kappa shape index (κ1) is 78.7. The van der Waals surface area contributed by atoms with Gasteiger partial charge in [0.1, 0.15) is 18.1 Å². The predicted molar refractivity (Wildman–Crippen MR) is 256 cm³/mol. The van der Waals surface area contributed by atoms with Crippen LogP contribution in [0.25, 0.3) is 0 Å². The van der Waals surface area contributed by atoms with Gasteiger partial charge >= 0.3 is 80.9 Å². The van der Waals surface area contributed by atoms with Crippen LogP contribution in [0.15, 0.2) is 112 Å². The molecule has 6 rings (SSSR count). The fourth-order valence-corrected chi connectivity index (χ4v) is 5.56. The van der Waals surface area contributed by atoms with Gasteiger partial charge in [0, 0.05) is 133 Å². The van der Waals surface area contributed by atoms with E-state index in [1.807, 2.05) is 0 Å². The Balaban J connectivity index is -0.000000171. The smallest absolute Gasteiger partial charge is 0.870 e. The van der Waals surface area contributed by atoms with Crippen LogP contribution in [0.5, 0.6) is 0 Å². The molecule has 0 radical (unpaired) electrons. The zero-order valence-electron chi connectivity index (χ0n) is 38.2. The van der Waals surface area contributed by atoms with Gasteiger partial charge in [-0.3, -0.25) is 68.8 Å². The van der Waals surface area contributed by atoms with Gasteiger partial charge in [-0.25, -0.2) is 22.0 Å². The zero-order chi connectivity index (χ0) is 49.0. The molecule has 0 aliphatic heterocycles. The molecule has 6 aromatic rings. The first-order valence-electron chi connectivity index (χ1n) is 17.4. The molecule has 0 aliphatic rings. The van der Waals surface area contributed by atoms with E-state index in [1.165, 1.54) is 80.7 Å². The molecule has 0 amide bonds. The second-order valence-electron chi connectivity index (χ2n) is 11.2. The van der Waals surface area contributed by atoms with Crippen LogP contribution < -0.4 is 92.2 Å². The number of thioether (sulfide) groups is 1. The van der Waals surface area contributed by atoms with E-state index in [0.717, 1.165) is 17.6 Å². The Bertz CT molecular complexity index is 2420. The predicted octanol–water partition coefficient (Wildman–Crippen LogP) is -4.86. The molecule has 26 nitrogen and oxygen atoms in total. The number of aliphatic hydroxyl groups is 1. The summed E-state index contributed by atoms with van der Waals surface area (Å²) in [6.45, 7) is 2.79. The normalized spacial score (nSPS) is 9.47. The second kappa shape index (κ2) is 47.3. The van der Waals surface area contributed by atoms with Crippen LogP contribution >= 0.6 is 35.1 Å². The third-order valence-electron chi connectivity index (χ3n) is 5.54. The Labute approximate surface area is 490 Å². The minimum Gasteiger partial charge on any atom is -0.870 e. The van der Waals surface area contributed by atoms with Crippen molar-refractivity contribution in [2.24, 2.45) is 5.14 Å². The van der Waals surface area contributed by atoms with E-state index < -0.39 is 29.2 Å². The maximum atomic E-state index is 10.5. The van der Waals surface area contributed by atoms with Crippen LogP contribution in [0.4, 0.5) is 0 Å². The standard InChI is InChI=1S/C7H8N2OS.C6H8N2O3S.C5H5ClN2O2S.C5H7N3O2S.C5H6N2O.C5H6N2S.C2H4OS.K.H3N.Na.2H2O/c1-6(10)11-5-7-4-8-2-3-9-7;1-12(9,10)11-5-6-4-7-2-3-8-6;2*6-11(9,10)4-5-3-7-1-2-8-5;2*8-4-5-3-6-1-2-7-5;1-2(3)4;;;;;/h2-4H,5H2,1H3;2-4H,5H2,1H3;1-3H,4H2;1-3H,4H2,(H2,6,9,10);2*1-3,8H,4H2;1H3,(H,3,4);;1H3;;2*1H2/q;;;;;;;+1;;+1;;/p-2. The molecule has 0 spiro atoms. The summed E-state index contributed by atoms with van der Waals surface area (Å²) in [5.74, 6) is 0.736. The molecule has 0 saturated carbocycles. The molecular weight excluding hydrogens is 1100 g/mol. The van der Waals surface area contributed by atoms with Crippen molar-refractivity contribution in [3.63, 3.8) is 0 Å². The van der Waals surface area contributed by atoms with Crippen molar-refractivity contribution in [2.75, 3.05) is 6.26 Å². The van der Waals surface area contributed by atoms with Gasteiger partial charge in [-0.2, -0.15) is 21.0 Å².